The molecule has 0 heterocycles. The van der Waals surface area contributed by atoms with E-state index < -0.39 is 10.0 Å². The fraction of sp³-hybridized carbons (Fsp3) is 0.571. The molecule has 0 unspecified atom stereocenters. The first-order valence-electron chi connectivity index (χ1n) is 6.45. The molecule has 1 N–H and O–H groups in total. The molecule has 0 aliphatic rings. The van der Waals surface area contributed by atoms with Crippen molar-refractivity contribution in [2.24, 2.45) is 5.92 Å². The predicted molar refractivity (Wildman–Crippen MR) is 77.1 cm³/mol. The second-order valence-corrected chi connectivity index (χ2v) is 7.07. The van der Waals surface area contributed by atoms with Crippen LogP contribution in [0.5, 0.6) is 5.75 Å². The van der Waals surface area contributed by atoms with Gasteiger partial charge >= 0.3 is 0 Å². The second-order valence-electron chi connectivity index (χ2n) is 5.30. The summed E-state index contributed by atoms with van der Waals surface area (Å²) in [7, 11) is -1.85. The number of benzene rings is 1. The van der Waals surface area contributed by atoms with Crippen molar-refractivity contribution in [1.82, 2.24) is 4.72 Å². The van der Waals surface area contributed by atoms with Crippen LogP contribution in [-0.4, -0.2) is 22.1 Å². The molecule has 4 nitrogen and oxygen atoms in total. The quantitative estimate of drug-likeness (QED) is 0.874. The van der Waals surface area contributed by atoms with E-state index in [2.05, 4.69) is 4.72 Å². The standard InChI is InChI=1S/C14H23NO3S/c1-10(2)9-15-19(16,17)12-6-7-14(18-5)13(8-12)11(3)4/h6-8,10-11,15H,9H2,1-5H3. The minimum atomic E-state index is -3.44. The highest BCUT2D eigenvalue weighted by Gasteiger charge is 2.17. The highest BCUT2D eigenvalue weighted by molar-refractivity contribution is 7.89. The Balaban J connectivity index is 3.11. The van der Waals surface area contributed by atoms with Crippen molar-refractivity contribution in [3.8, 4) is 5.75 Å². The number of ether oxygens (including phenoxy) is 1. The van der Waals surface area contributed by atoms with E-state index in [0.717, 1.165) is 11.3 Å². The number of sulfonamides is 1. The number of hydrogen-bond acceptors (Lipinski definition) is 3. The van der Waals surface area contributed by atoms with E-state index in [0.29, 0.717) is 6.54 Å². The van der Waals surface area contributed by atoms with Crippen LogP contribution in [0, 0.1) is 5.92 Å². The highest BCUT2D eigenvalue weighted by Crippen LogP contribution is 2.28. The maximum Gasteiger partial charge on any atom is 0.240 e. The summed E-state index contributed by atoms with van der Waals surface area (Å²) in [5.41, 5.74) is 0.898. The average Bonchev–Trinajstić information content (AvgIpc) is 2.35. The van der Waals surface area contributed by atoms with Gasteiger partial charge in [-0.2, -0.15) is 0 Å². The summed E-state index contributed by atoms with van der Waals surface area (Å²) in [6.45, 7) is 8.39. The Kier molecular flexibility index (Phi) is 5.38. The lowest BCUT2D eigenvalue weighted by molar-refractivity contribution is 0.407. The molecule has 1 aromatic rings. The van der Waals surface area contributed by atoms with Crippen LogP contribution in [0.2, 0.25) is 0 Å². The summed E-state index contributed by atoms with van der Waals surface area (Å²) in [5, 5.41) is 0. The van der Waals surface area contributed by atoms with Gasteiger partial charge in [0.15, 0.2) is 0 Å². The zero-order valence-corrected chi connectivity index (χ0v) is 13.0. The Hall–Kier alpha value is -1.07. The molecule has 5 heteroatoms. The molecule has 0 fully saturated rings. The Morgan fingerprint density at radius 2 is 1.84 bits per heavy atom. The van der Waals surface area contributed by atoms with E-state index in [1.165, 1.54) is 0 Å². The van der Waals surface area contributed by atoms with E-state index in [9.17, 15) is 8.42 Å². The van der Waals surface area contributed by atoms with Crippen molar-refractivity contribution in [1.29, 1.82) is 0 Å². The Bertz CT molecular complexity index is 521. The van der Waals surface area contributed by atoms with Crippen molar-refractivity contribution >= 4 is 10.0 Å². The topological polar surface area (TPSA) is 55.4 Å². The zero-order valence-electron chi connectivity index (χ0n) is 12.2. The van der Waals surface area contributed by atoms with Gasteiger partial charge in [-0.3, -0.25) is 0 Å². The van der Waals surface area contributed by atoms with Crippen LogP contribution in [0.1, 0.15) is 39.2 Å². The monoisotopic (exact) mass is 285 g/mol. The molecule has 0 radical (unpaired) electrons. The van der Waals surface area contributed by atoms with Gasteiger partial charge < -0.3 is 4.74 Å². The molecule has 0 spiro atoms. The molecule has 19 heavy (non-hydrogen) atoms. The Labute approximate surface area is 116 Å². The Morgan fingerprint density at radius 1 is 1.21 bits per heavy atom. The lowest BCUT2D eigenvalue weighted by Crippen LogP contribution is -2.27. The molecule has 0 bridgehead atoms. The van der Waals surface area contributed by atoms with Gasteiger partial charge in [0, 0.05) is 6.54 Å². The summed E-state index contributed by atoms with van der Waals surface area (Å²) >= 11 is 0. The van der Waals surface area contributed by atoms with Gasteiger partial charge in [-0.05, 0) is 35.6 Å². The molecular formula is C14H23NO3S. The molecule has 0 aliphatic heterocycles. The largest absolute Gasteiger partial charge is 0.496 e. The van der Waals surface area contributed by atoms with Crippen LogP contribution in [0.3, 0.4) is 0 Å². The molecule has 1 aromatic carbocycles. The van der Waals surface area contributed by atoms with Gasteiger partial charge in [0.25, 0.3) is 0 Å². The van der Waals surface area contributed by atoms with Gasteiger partial charge in [-0.25, -0.2) is 13.1 Å². The number of rotatable bonds is 6. The van der Waals surface area contributed by atoms with E-state index >= 15 is 0 Å². The fourth-order valence-corrected chi connectivity index (χ4v) is 2.94. The molecule has 1 rings (SSSR count). The summed E-state index contributed by atoms with van der Waals surface area (Å²) in [4.78, 5) is 0.289. The van der Waals surface area contributed by atoms with E-state index in [1.807, 2.05) is 27.7 Å². The molecule has 0 aromatic heterocycles. The predicted octanol–water partition coefficient (Wildman–Crippen LogP) is 2.75. The van der Waals surface area contributed by atoms with Crippen LogP contribution in [-0.2, 0) is 10.0 Å². The second kappa shape index (κ2) is 6.39. The van der Waals surface area contributed by atoms with E-state index in [4.69, 9.17) is 4.74 Å². The molecule has 0 saturated carbocycles. The zero-order chi connectivity index (χ0) is 14.6. The van der Waals surface area contributed by atoms with Crippen molar-refractivity contribution in [3.05, 3.63) is 23.8 Å². The van der Waals surface area contributed by atoms with Crippen LogP contribution >= 0.6 is 0 Å². The lowest BCUT2D eigenvalue weighted by atomic mass is 10.0. The molecule has 108 valence electrons. The van der Waals surface area contributed by atoms with Gasteiger partial charge in [0.2, 0.25) is 10.0 Å². The van der Waals surface area contributed by atoms with Crippen molar-refractivity contribution < 1.29 is 13.2 Å². The van der Waals surface area contributed by atoms with Crippen LogP contribution in [0.15, 0.2) is 23.1 Å². The third-order valence-electron chi connectivity index (χ3n) is 2.82. The minimum absolute atomic E-state index is 0.204. The smallest absolute Gasteiger partial charge is 0.240 e. The summed E-state index contributed by atoms with van der Waals surface area (Å²) in [6.07, 6.45) is 0. The molecule has 0 atom stereocenters. The van der Waals surface area contributed by atoms with Crippen LogP contribution in [0.25, 0.3) is 0 Å². The van der Waals surface area contributed by atoms with Crippen molar-refractivity contribution in [3.63, 3.8) is 0 Å². The highest BCUT2D eigenvalue weighted by atomic mass is 32.2. The van der Waals surface area contributed by atoms with E-state index in [-0.39, 0.29) is 16.7 Å². The summed E-state index contributed by atoms with van der Waals surface area (Å²) in [6, 6.07) is 4.97. The summed E-state index contributed by atoms with van der Waals surface area (Å²) < 4.78 is 32.2. The first-order chi connectivity index (χ1) is 8.77. The maximum absolute atomic E-state index is 12.2. The lowest BCUT2D eigenvalue weighted by Gasteiger charge is -2.14. The average molecular weight is 285 g/mol. The SMILES string of the molecule is COc1ccc(S(=O)(=O)NCC(C)C)cc1C(C)C. The van der Waals surface area contributed by atoms with Gasteiger partial charge in [-0.1, -0.05) is 27.7 Å². The van der Waals surface area contributed by atoms with E-state index in [1.54, 1.807) is 25.3 Å². The number of nitrogens with one attached hydrogen (secondary N) is 1. The first kappa shape index (κ1) is 16.0. The van der Waals surface area contributed by atoms with Gasteiger partial charge in [0.1, 0.15) is 5.75 Å². The molecule has 0 aliphatic carbocycles. The Morgan fingerprint density at radius 3 is 2.32 bits per heavy atom. The molecular weight excluding hydrogens is 262 g/mol. The molecule has 0 saturated heterocycles. The maximum atomic E-state index is 12.2. The molecule has 0 amide bonds. The third kappa shape index (κ3) is 4.21. The fourth-order valence-electron chi connectivity index (χ4n) is 1.69. The van der Waals surface area contributed by atoms with Crippen LogP contribution < -0.4 is 9.46 Å². The first-order valence-corrected chi connectivity index (χ1v) is 7.94. The van der Waals surface area contributed by atoms with Gasteiger partial charge in [0.05, 0.1) is 12.0 Å². The normalized spacial score (nSPS) is 12.2. The van der Waals surface area contributed by atoms with Crippen molar-refractivity contribution in [2.45, 2.75) is 38.5 Å². The number of hydrogen-bond donors (Lipinski definition) is 1. The minimum Gasteiger partial charge on any atom is -0.496 e. The van der Waals surface area contributed by atoms with Crippen molar-refractivity contribution in [2.75, 3.05) is 13.7 Å². The summed E-state index contributed by atoms with van der Waals surface area (Å²) in [5.74, 6) is 1.20. The van der Waals surface area contributed by atoms with Gasteiger partial charge in [-0.15, -0.1) is 0 Å². The number of methoxy groups -OCH3 is 1. The third-order valence-corrected chi connectivity index (χ3v) is 4.24. The van der Waals surface area contributed by atoms with Crippen LogP contribution in [0.4, 0.5) is 0 Å².